The van der Waals surface area contributed by atoms with Crippen molar-refractivity contribution in [2.75, 3.05) is 0 Å². The van der Waals surface area contributed by atoms with E-state index in [0.29, 0.717) is 5.02 Å². The summed E-state index contributed by atoms with van der Waals surface area (Å²) < 4.78 is 0.962. The number of rotatable bonds is 3. The summed E-state index contributed by atoms with van der Waals surface area (Å²) >= 11 is 10.9. The molecule has 0 unspecified atom stereocenters. The molecule has 0 aliphatic rings. The predicted octanol–water partition coefficient (Wildman–Crippen LogP) is 4.14. The van der Waals surface area contributed by atoms with Gasteiger partial charge in [0.25, 0.3) is 0 Å². The Morgan fingerprint density at radius 2 is 2.18 bits per heavy atom. The first kappa shape index (κ1) is 12.9. The molecule has 0 amide bonds. The molecule has 0 spiro atoms. The summed E-state index contributed by atoms with van der Waals surface area (Å²) in [6, 6.07) is 9.31. The van der Waals surface area contributed by atoms with E-state index >= 15 is 0 Å². The first-order valence-corrected chi connectivity index (χ1v) is 6.87. The summed E-state index contributed by atoms with van der Waals surface area (Å²) in [6.07, 6.45) is 1.70. The second-order valence-electron chi connectivity index (χ2n) is 3.30. The smallest absolute Gasteiger partial charge is 0.119 e. The van der Waals surface area contributed by atoms with E-state index in [1.807, 2.05) is 18.2 Å². The molecule has 0 radical (unpaired) electrons. The lowest BCUT2D eigenvalue weighted by atomic mass is 10.2. The Kier molecular flexibility index (Phi) is 4.45. The average Bonchev–Trinajstić information content (AvgIpc) is 2.32. The fraction of sp³-hybridized carbons (Fsp3) is 0.0833. The highest BCUT2D eigenvalue weighted by Gasteiger charge is 2.08. The van der Waals surface area contributed by atoms with E-state index in [9.17, 15) is 5.11 Å². The van der Waals surface area contributed by atoms with E-state index in [1.54, 1.807) is 18.3 Å². The molecule has 2 nitrogen and oxygen atoms in total. The summed E-state index contributed by atoms with van der Waals surface area (Å²) in [6.45, 7) is 0.0000654. The molecule has 0 saturated carbocycles. The van der Waals surface area contributed by atoms with Gasteiger partial charge >= 0.3 is 0 Å². The topological polar surface area (TPSA) is 33.1 Å². The predicted molar refractivity (Wildman–Crippen MR) is 73.4 cm³/mol. The molecule has 17 heavy (non-hydrogen) atoms. The third-order valence-corrected chi connectivity index (χ3v) is 4.16. The fourth-order valence-electron chi connectivity index (χ4n) is 1.30. The van der Waals surface area contributed by atoms with Crippen molar-refractivity contribution in [2.24, 2.45) is 0 Å². The highest BCUT2D eigenvalue weighted by molar-refractivity contribution is 9.10. The van der Waals surface area contributed by atoms with E-state index < -0.39 is 0 Å². The van der Waals surface area contributed by atoms with Crippen LogP contribution in [0.3, 0.4) is 0 Å². The molecule has 0 saturated heterocycles. The van der Waals surface area contributed by atoms with Crippen LogP contribution in [0.2, 0.25) is 5.02 Å². The van der Waals surface area contributed by atoms with Gasteiger partial charge in [0, 0.05) is 15.6 Å². The number of pyridine rings is 1. The lowest BCUT2D eigenvalue weighted by Gasteiger charge is -2.08. The van der Waals surface area contributed by atoms with Crippen molar-refractivity contribution >= 4 is 39.3 Å². The van der Waals surface area contributed by atoms with Gasteiger partial charge in [0.15, 0.2) is 0 Å². The van der Waals surface area contributed by atoms with Gasteiger partial charge in [-0.25, -0.2) is 4.98 Å². The van der Waals surface area contributed by atoms with Gasteiger partial charge in [-0.3, -0.25) is 0 Å². The van der Waals surface area contributed by atoms with Crippen molar-refractivity contribution in [1.29, 1.82) is 0 Å². The van der Waals surface area contributed by atoms with Crippen molar-refractivity contribution < 1.29 is 5.11 Å². The third-order valence-electron chi connectivity index (χ3n) is 2.13. The summed E-state index contributed by atoms with van der Waals surface area (Å²) in [4.78, 5) is 5.16. The molecule has 5 heteroatoms. The van der Waals surface area contributed by atoms with Gasteiger partial charge in [0.1, 0.15) is 5.03 Å². The van der Waals surface area contributed by atoms with E-state index in [-0.39, 0.29) is 6.61 Å². The number of aliphatic hydroxyl groups excluding tert-OH is 1. The first-order valence-electron chi connectivity index (χ1n) is 4.88. The second kappa shape index (κ2) is 5.87. The van der Waals surface area contributed by atoms with Crippen LogP contribution in [-0.2, 0) is 6.61 Å². The molecule has 0 atom stereocenters. The maximum Gasteiger partial charge on any atom is 0.119 e. The molecule has 0 aliphatic carbocycles. The van der Waals surface area contributed by atoms with Crippen LogP contribution in [0.5, 0.6) is 0 Å². The van der Waals surface area contributed by atoms with Gasteiger partial charge < -0.3 is 5.11 Å². The van der Waals surface area contributed by atoms with E-state index in [1.165, 1.54) is 11.8 Å². The molecule has 1 aromatic carbocycles. The second-order valence-corrected chi connectivity index (χ2v) is 5.66. The van der Waals surface area contributed by atoms with Crippen molar-refractivity contribution in [2.45, 2.75) is 16.5 Å². The molecule has 0 bridgehead atoms. The molecule has 1 heterocycles. The number of nitrogens with zero attached hydrogens (tertiary/aromatic N) is 1. The fourth-order valence-corrected chi connectivity index (χ4v) is 2.99. The van der Waals surface area contributed by atoms with Crippen molar-refractivity contribution in [3.8, 4) is 0 Å². The monoisotopic (exact) mass is 329 g/mol. The number of hydrogen-bond acceptors (Lipinski definition) is 3. The molecular formula is C12H9BrClNOS. The lowest BCUT2D eigenvalue weighted by Crippen LogP contribution is -1.88. The molecule has 2 aromatic rings. The molecule has 88 valence electrons. The Balaban J connectivity index is 2.35. The van der Waals surface area contributed by atoms with Gasteiger partial charge in [-0.2, -0.15) is 0 Å². The number of hydrogen-bond donors (Lipinski definition) is 1. The summed E-state index contributed by atoms with van der Waals surface area (Å²) in [5.74, 6) is 0. The Morgan fingerprint density at radius 1 is 1.35 bits per heavy atom. The Bertz CT molecular complexity index is 536. The minimum atomic E-state index is 0.0000654. The van der Waals surface area contributed by atoms with Crippen LogP contribution in [0, 0.1) is 0 Å². The highest BCUT2D eigenvalue weighted by atomic mass is 79.9. The minimum absolute atomic E-state index is 0.0000654. The molecule has 1 N–H and O–H groups in total. The number of benzene rings is 1. The maximum absolute atomic E-state index is 9.27. The van der Waals surface area contributed by atoms with Crippen LogP contribution in [-0.4, -0.2) is 10.1 Å². The van der Waals surface area contributed by atoms with E-state index in [4.69, 9.17) is 11.6 Å². The Labute approximate surface area is 117 Å². The van der Waals surface area contributed by atoms with Crippen LogP contribution in [0.15, 0.2) is 50.9 Å². The van der Waals surface area contributed by atoms with Crippen LogP contribution < -0.4 is 0 Å². The maximum atomic E-state index is 9.27. The van der Waals surface area contributed by atoms with Crippen molar-refractivity contribution in [3.05, 3.63) is 51.6 Å². The van der Waals surface area contributed by atoms with Gasteiger partial charge in [0.05, 0.1) is 11.6 Å². The minimum Gasteiger partial charge on any atom is -0.392 e. The van der Waals surface area contributed by atoms with Crippen LogP contribution in [0.1, 0.15) is 5.56 Å². The number of aromatic nitrogens is 1. The lowest BCUT2D eigenvalue weighted by molar-refractivity contribution is 0.279. The summed E-state index contributed by atoms with van der Waals surface area (Å²) in [5, 5.41) is 10.6. The van der Waals surface area contributed by atoms with Gasteiger partial charge in [-0.15, -0.1) is 0 Å². The quantitative estimate of drug-likeness (QED) is 0.918. The Morgan fingerprint density at radius 3 is 2.88 bits per heavy atom. The molecule has 0 fully saturated rings. The normalized spacial score (nSPS) is 10.5. The third kappa shape index (κ3) is 3.22. The van der Waals surface area contributed by atoms with Crippen molar-refractivity contribution in [1.82, 2.24) is 4.98 Å². The van der Waals surface area contributed by atoms with E-state index in [2.05, 4.69) is 20.9 Å². The SMILES string of the molecule is OCc1ccc(Br)cc1Sc1ncccc1Cl. The van der Waals surface area contributed by atoms with Gasteiger partial charge in [-0.05, 0) is 29.8 Å². The van der Waals surface area contributed by atoms with E-state index in [0.717, 1.165) is 20.0 Å². The molecule has 0 aliphatic heterocycles. The van der Waals surface area contributed by atoms with Gasteiger partial charge in [0.2, 0.25) is 0 Å². The zero-order valence-corrected chi connectivity index (χ0v) is 11.9. The van der Waals surface area contributed by atoms with Gasteiger partial charge in [-0.1, -0.05) is 45.4 Å². The zero-order chi connectivity index (χ0) is 12.3. The van der Waals surface area contributed by atoms with Crippen LogP contribution in [0.4, 0.5) is 0 Å². The first-order chi connectivity index (χ1) is 8.20. The summed E-state index contributed by atoms with van der Waals surface area (Å²) in [5.41, 5.74) is 0.861. The standard InChI is InChI=1S/C12H9BrClNOS/c13-9-4-3-8(7-16)11(6-9)17-12-10(14)2-1-5-15-12/h1-6,16H,7H2. The number of halogens is 2. The van der Waals surface area contributed by atoms with Crippen LogP contribution in [0.25, 0.3) is 0 Å². The Hall–Kier alpha value is -0.550. The largest absolute Gasteiger partial charge is 0.392 e. The molecule has 1 aromatic heterocycles. The summed E-state index contributed by atoms with van der Waals surface area (Å²) in [7, 11) is 0. The highest BCUT2D eigenvalue weighted by Crippen LogP contribution is 2.34. The number of aliphatic hydroxyl groups is 1. The average molecular weight is 331 g/mol. The zero-order valence-electron chi connectivity index (χ0n) is 8.73. The molecule has 2 rings (SSSR count). The van der Waals surface area contributed by atoms with Crippen molar-refractivity contribution in [3.63, 3.8) is 0 Å². The molecular weight excluding hydrogens is 322 g/mol. The van der Waals surface area contributed by atoms with Crippen LogP contribution >= 0.6 is 39.3 Å².